The van der Waals surface area contributed by atoms with Gasteiger partial charge in [0.05, 0.1) is 16.4 Å². The molecule has 1 aromatic carbocycles. The van der Waals surface area contributed by atoms with E-state index in [0.29, 0.717) is 5.92 Å². The van der Waals surface area contributed by atoms with Gasteiger partial charge in [0.15, 0.2) is 0 Å². The molecule has 0 aliphatic carbocycles. The third kappa shape index (κ3) is 4.57. The molecule has 1 aromatic heterocycles. The molecule has 0 amide bonds. The molecule has 0 fully saturated rings. The summed E-state index contributed by atoms with van der Waals surface area (Å²) >= 11 is 8.59. The number of hydrogen-bond donors (Lipinski definition) is 0. The van der Waals surface area contributed by atoms with Crippen molar-refractivity contribution in [3.05, 3.63) is 27.6 Å². The smallest absolute Gasteiger partial charge is 0.127 e. The fraction of sp³-hybridized carbons (Fsp3) is 0.562. The van der Waals surface area contributed by atoms with Crippen molar-refractivity contribution in [1.29, 1.82) is 0 Å². The van der Waals surface area contributed by atoms with Crippen molar-refractivity contribution in [2.24, 2.45) is 5.92 Å². The van der Waals surface area contributed by atoms with Crippen molar-refractivity contribution >= 4 is 45.2 Å². The largest absolute Gasteiger partial charge is 0.381 e. The van der Waals surface area contributed by atoms with Crippen LogP contribution < -0.4 is 0 Å². The SMILES string of the molecule is CC(C)COCCCn1c(C(C)Cl)nc2cc(I)ccc21. The Bertz CT molecular complexity index is 595. The third-order valence-corrected chi connectivity index (χ3v) is 4.08. The number of nitrogens with zero attached hydrogens (tertiary/aromatic N) is 2. The molecule has 21 heavy (non-hydrogen) atoms. The van der Waals surface area contributed by atoms with Gasteiger partial charge in [0.1, 0.15) is 5.82 Å². The highest BCUT2D eigenvalue weighted by Crippen LogP contribution is 2.26. The van der Waals surface area contributed by atoms with Crippen LogP contribution in [0.5, 0.6) is 0 Å². The lowest BCUT2D eigenvalue weighted by molar-refractivity contribution is 0.105. The summed E-state index contributed by atoms with van der Waals surface area (Å²) in [5.74, 6) is 1.53. The average molecular weight is 421 g/mol. The van der Waals surface area contributed by atoms with Crippen LogP contribution in [0.25, 0.3) is 11.0 Å². The molecule has 0 saturated heterocycles. The first-order valence-corrected chi connectivity index (χ1v) is 8.88. The zero-order valence-electron chi connectivity index (χ0n) is 12.8. The van der Waals surface area contributed by atoms with Gasteiger partial charge in [0.25, 0.3) is 0 Å². The van der Waals surface area contributed by atoms with Crippen LogP contribution in [-0.4, -0.2) is 22.8 Å². The molecule has 2 aromatic rings. The van der Waals surface area contributed by atoms with Crippen molar-refractivity contribution in [3.63, 3.8) is 0 Å². The first kappa shape index (κ1) is 17.0. The first-order chi connectivity index (χ1) is 9.99. The van der Waals surface area contributed by atoms with Crippen LogP contribution in [0.1, 0.15) is 38.4 Å². The van der Waals surface area contributed by atoms with Crippen LogP contribution in [0.3, 0.4) is 0 Å². The Hall–Kier alpha value is -0.330. The van der Waals surface area contributed by atoms with Crippen molar-refractivity contribution in [2.75, 3.05) is 13.2 Å². The van der Waals surface area contributed by atoms with E-state index in [1.54, 1.807) is 0 Å². The van der Waals surface area contributed by atoms with Crippen LogP contribution in [0.4, 0.5) is 0 Å². The van der Waals surface area contributed by atoms with E-state index in [1.165, 1.54) is 3.57 Å². The van der Waals surface area contributed by atoms with E-state index in [9.17, 15) is 0 Å². The van der Waals surface area contributed by atoms with Gasteiger partial charge < -0.3 is 9.30 Å². The second kappa shape index (κ2) is 7.79. The molecule has 3 nitrogen and oxygen atoms in total. The summed E-state index contributed by atoms with van der Waals surface area (Å²) in [6.45, 7) is 8.79. The topological polar surface area (TPSA) is 27.1 Å². The standard InChI is InChI=1S/C16H22ClIN2O/c1-11(2)10-21-8-4-7-20-15-6-5-13(18)9-14(15)19-16(20)12(3)17/h5-6,9,11-12H,4,7-8,10H2,1-3H3. The molecule has 0 bridgehead atoms. The number of benzene rings is 1. The van der Waals surface area contributed by atoms with Gasteiger partial charge >= 0.3 is 0 Å². The van der Waals surface area contributed by atoms with E-state index in [2.05, 4.69) is 64.2 Å². The maximum Gasteiger partial charge on any atom is 0.127 e. The number of fused-ring (bicyclic) bond motifs is 1. The lowest BCUT2D eigenvalue weighted by Gasteiger charge is -2.11. The van der Waals surface area contributed by atoms with Crippen molar-refractivity contribution < 1.29 is 4.74 Å². The first-order valence-electron chi connectivity index (χ1n) is 7.36. The van der Waals surface area contributed by atoms with Gasteiger partial charge in [-0.25, -0.2) is 4.98 Å². The van der Waals surface area contributed by atoms with Gasteiger partial charge in [-0.05, 0) is 60.1 Å². The van der Waals surface area contributed by atoms with Gasteiger partial charge in [0.2, 0.25) is 0 Å². The minimum atomic E-state index is -0.0911. The Balaban J connectivity index is 2.11. The number of rotatable bonds is 7. The predicted octanol–water partition coefficient (Wildman–Crippen LogP) is 5.00. The Morgan fingerprint density at radius 1 is 1.33 bits per heavy atom. The van der Waals surface area contributed by atoms with E-state index in [1.807, 2.05) is 6.92 Å². The number of ether oxygens (including phenoxy) is 1. The minimum Gasteiger partial charge on any atom is -0.381 e. The van der Waals surface area contributed by atoms with Gasteiger partial charge in [-0.2, -0.15) is 0 Å². The lowest BCUT2D eigenvalue weighted by atomic mass is 10.2. The maximum absolute atomic E-state index is 6.28. The number of halogens is 2. The maximum atomic E-state index is 6.28. The molecule has 1 heterocycles. The molecular weight excluding hydrogens is 399 g/mol. The summed E-state index contributed by atoms with van der Waals surface area (Å²) < 4.78 is 9.07. The Kier molecular flexibility index (Phi) is 6.32. The minimum absolute atomic E-state index is 0.0911. The fourth-order valence-corrected chi connectivity index (χ4v) is 2.95. The van der Waals surface area contributed by atoms with Crippen LogP contribution in [0, 0.1) is 9.49 Å². The Morgan fingerprint density at radius 3 is 2.76 bits per heavy atom. The Morgan fingerprint density at radius 2 is 2.10 bits per heavy atom. The summed E-state index contributed by atoms with van der Waals surface area (Å²) in [4.78, 5) is 4.69. The van der Waals surface area contributed by atoms with E-state index in [4.69, 9.17) is 16.3 Å². The zero-order chi connectivity index (χ0) is 15.4. The second-order valence-electron chi connectivity index (χ2n) is 5.69. The quantitative estimate of drug-likeness (QED) is 0.358. The Labute approximate surface area is 145 Å². The van der Waals surface area contributed by atoms with Crippen LogP contribution >= 0.6 is 34.2 Å². The van der Waals surface area contributed by atoms with Crippen molar-refractivity contribution in [3.8, 4) is 0 Å². The van der Waals surface area contributed by atoms with Crippen LogP contribution in [-0.2, 0) is 11.3 Å². The number of aromatic nitrogens is 2. The van der Waals surface area contributed by atoms with Crippen molar-refractivity contribution in [1.82, 2.24) is 9.55 Å². The second-order valence-corrected chi connectivity index (χ2v) is 7.59. The van der Waals surface area contributed by atoms with Crippen molar-refractivity contribution in [2.45, 2.75) is 39.1 Å². The van der Waals surface area contributed by atoms with E-state index < -0.39 is 0 Å². The number of imidazole rings is 1. The third-order valence-electron chi connectivity index (χ3n) is 3.22. The summed E-state index contributed by atoms with van der Waals surface area (Å²) in [6.07, 6.45) is 0.973. The molecule has 0 spiro atoms. The molecule has 0 N–H and O–H groups in total. The molecule has 5 heteroatoms. The van der Waals surface area contributed by atoms with Gasteiger partial charge in [-0.3, -0.25) is 0 Å². The molecule has 0 saturated carbocycles. The lowest BCUT2D eigenvalue weighted by Crippen LogP contribution is -2.09. The number of alkyl halides is 1. The highest BCUT2D eigenvalue weighted by molar-refractivity contribution is 14.1. The van der Waals surface area contributed by atoms with Gasteiger partial charge in [-0.1, -0.05) is 13.8 Å². The van der Waals surface area contributed by atoms with Gasteiger partial charge in [-0.15, -0.1) is 11.6 Å². The normalized spacial score (nSPS) is 13.2. The molecule has 0 radical (unpaired) electrons. The van der Waals surface area contributed by atoms with Crippen LogP contribution in [0.15, 0.2) is 18.2 Å². The fourth-order valence-electron chi connectivity index (χ4n) is 2.30. The summed E-state index contributed by atoms with van der Waals surface area (Å²) in [5.41, 5.74) is 2.18. The average Bonchev–Trinajstić information content (AvgIpc) is 2.76. The van der Waals surface area contributed by atoms with Crippen LogP contribution in [0.2, 0.25) is 0 Å². The van der Waals surface area contributed by atoms with E-state index in [-0.39, 0.29) is 5.38 Å². The molecule has 0 aliphatic heterocycles. The summed E-state index contributed by atoms with van der Waals surface area (Å²) in [5, 5.41) is -0.0911. The molecule has 1 atom stereocenters. The molecular formula is C16H22ClIN2O. The number of aryl methyl sites for hydroxylation is 1. The predicted molar refractivity (Wildman–Crippen MR) is 97.0 cm³/mol. The summed E-state index contributed by atoms with van der Waals surface area (Å²) in [7, 11) is 0. The molecule has 2 rings (SSSR count). The van der Waals surface area contributed by atoms with Gasteiger partial charge in [0, 0.05) is 23.3 Å². The van der Waals surface area contributed by atoms with E-state index >= 15 is 0 Å². The molecule has 1 unspecified atom stereocenters. The molecule has 116 valence electrons. The molecule has 0 aliphatic rings. The summed E-state index contributed by atoms with van der Waals surface area (Å²) in [6, 6.07) is 6.34. The highest BCUT2D eigenvalue weighted by Gasteiger charge is 2.14. The monoisotopic (exact) mass is 420 g/mol. The zero-order valence-corrected chi connectivity index (χ0v) is 15.7. The highest BCUT2D eigenvalue weighted by atomic mass is 127. The van der Waals surface area contributed by atoms with E-state index in [0.717, 1.165) is 43.0 Å². The number of hydrogen-bond acceptors (Lipinski definition) is 2.